The first-order valence-electron chi connectivity index (χ1n) is 4.50. The second-order valence-corrected chi connectivity index (χ2v) is 2.96. The first-order valence-corrected chi connectivity index (χ1v) is 4.50. The van der Waals surface area contributed by atoms with Crippen LogP contribution < -0.4 is 10.5 Å². The number of benzene rings is 1. The van der Waals surface area contributed by atoms with E-state index in [1.807, 2.05) is 0 Å². The van der Waals surface area contributed by atoms with Gasteiger partial charge in [0.05, 0.1) is 0 Å². The zero-order valence-corrected chi connectivity index (χ0v) is 8.42. The molecule has 1 amide bonds. The molecule has 3 N–H and O–H groups in total. The Balaban J connectivity index is 2.83. The molecule has 0 heterocycles. The minimum Gasteiger partial charge on any atom is -0.483 e. The fourth-order valence-electron chi connectivity index (χ4n) is 1.06. The Morgan fingerprint density at radius 3 is 2.69 bits per heavy atom. The Bertz CT molecular complexity index is 426. The van der Waals surface area contributed by atoms with Crippen LogP contribution in [0.2, 0.25) is 0 Å². The first-order chi connectivity index (χ1) is 7.59. The summed E-state index contributed by atoms with van der Waals surface area (Å²) in [5.41, 5.74) is 5.51. The van der Waals surface area contributed by atoms with Crippen molar-refractivity contribution < 1.29 is 19.4 Å². The molecule has 1 aromatic carbocycles. The van der Waals surface area contributed by atoms with Crippen molar-refractivity contribution in [3.05, 3.63) is 35.9 Å². The molecule has 0 aliphatic rings. The lowest BCUT2D eigenvalue weighted by atomic mass is 10.2. The number of nitrogens with two attached hydrogens (primary N) is 1. The van der Waals surface area contributed by atoms with E-state index in [-0.39, 0.29) is 6.61 Å². The van der Waals surface area contributed by atoms with E-state index < -0.39 is 11.9 Å². The van der Waals surface area contributed by atoms with Crippen LogP contribution in [0.4, 0.5) is 0 Å². The second kappa shape index (κ2) is 5.55. The number of rotatable bonds is 5. The van der Waals surface area contributed by atoms with Gasteiger partial charge >= 0.3 is 5.97 Å². The molecule has 0 saturated heterocycles. The third-order valence-electron chi connectivity index (χ3n) is 1.69. The van der Waals surface area contributed by atoms with Crippen LogP contribution in [-0.2, 0) is 9.59 Å². The van der Waals surface area contributed by atoms with E-state index in [0.717, 1.165) is 6.08 Å². The Morgan fingerprint density at radius 2 is 2.06 bits per heavy atom. The van der Waals surface area contributed by atoms with Crippen LogP contribution in [0.3, 0.4) is 0 Å². The van der Waals surface area contributed by atoms with Gasteiger partial charge in [-0.1, -0.05) is 18.2 Å². The van der Waals surface area contributed by atoms with Gasteiger partial charge in [-0.25, -0.2) is 4.79 Å². The van der Waals surface area contributed by atoms with Crippen molar-refractivity contribution in [2.75, 3.05) is 6.61 Å². The number of carbonyl (C=O) groups excluding carboxylic acids is 1. The van der Waals surface area contributed by atoms with Gasteiger partial charge in [0.2, 0.25) is 0 Å². The summed E-state index contributed by atoms with van der Waals surface area (Å²) in [5, 5.41) is 8.48. The molecule has 84 valence electrons. The van der Waals surface area contributed by atoms with E-state index >= 15 is 0 Å². The summed E-state index contributed by atoms with van der Waals surface area (Å²) in [6.07, 6.45) is 2.38. The largest absolute Gasteiger partial charge is 0.483 e. The van der Waals surface area contributed by atoms with Gasteiger partial charge in [0.25, 0.3) is 5.91 Å². The predicted octanol–water partition coefficient (Wildman–Crippen LogP) is 0.648. The van der Waals surface area contributed by atoms with Gasteiger partial charge in [-0.05, 0) is 12.1 Å². The molecule has 0 unspecified atom stereocenters. The van der Waals surface area contributed by atoms with Crippen molar-refractivity contribution in [2.45, 2.75) is 0 Å². The molecule has 0 saturated carbocycles. The van der Waals surface area contributed by atoms with E-state index in [1.165, 1.54) is 6.08 Å². The van der Waals surface area contributed by atoms with Crippen molar-refractivity contribution in [1.29, 1.82) is 0 Å². The summed E-state index contributed by atoms with van der Waals surface area (Å²) in [6.45, 7) is -0.238. The molecule has 0 aliphatic heterocycles. The average molecular weight is 221 g/mol. The lowest BCUT2D eigenvalue weighted by molar-refractivity contribution is -0.131. The van der Waals surface area contributed by atoms with E-state index in [0.29, 0.717) is 11.3 Å². The molecule has 16 heavy (non-hydrogen) atoms. The van der Waals surface area contributed by atoms with Gasteiger partial charge in [-0.15, -0.1) is 0 Å². The standard InChI is InChI=1S/C11H11NO4/c12-10(13)7-16-9-4-2-1-3-8(9)5-6-11(14)15/h1-6H,7H2,(H2,12,13)(H,14,15). The molecule has 0 bridgehead atoms. The maximum Gasteiger partial charge on any atom is 0.328 e. The number of hydrogen-bond acceptors (Lipinski definition) is 3. The maximum absolute atomic E-state index is 10.5. The van der Waals surface area contributed by atoms with Crippen LogP contribution in [0.1, 0.15) is 5.56 Å². The van der Waals surface area contributed by atoms with Crippen molar-refractivity contribution in [2.24, 2.45) is 5.73 Å². The third kappa shape index (κ3) is 3.83. The number of carbonyl (C=O) groups is 2. The average Bonchev–Trinajstić information content (AvgIpc) is 2.24. The lowest BCUT2D eigenvalue weighted by Crippen LogP contribution is -2.20. The molecule has 1 aromatic rings. The van der Waals surface area contributed by atoms with Gasteiger partial charge < -0.3 is 15.6 Å². The second-order valence-electron chi connectivity index (χ2n) is 2.96. The zero-order chi connectivity index (χ0) is 12.0. The number of hydrogen-bond donors (Lipinski definition) is 2. The highest BCUT2D eigenvalue weighted by atomic mass is 16.5. The number of ether oxygens (including phenoxy) is 1. The Labute approximate surface area is 92.1 Å². The molecular weight excluding hydrogens is 210 g/mol. The van der Waals surface area contributed by atoms with Gasteiger partial charge in [0.15, 0.2) is 6.61 Å². The summed E-state index contributed by atoms with van der Waals surface area (Å²) in [6, 6.07) is 6.76. The zero-order valence-electron chi connectivity index (χ0n) is 8.42. The van der Waals surface area contributed by atoms with E-state index in [2.05, 4.69) is 0 Å². The topological polar surface area (TPSA) is 89.6 Å². The number of para-hydroxylation sites is 1. The molecule has 0 aromatic heterocycles. The first kappa shape index (κ1) is 11.8. The van der Waals surface area contributed by atoms with Crippen LogP contribution in [-0.4, -0.2) is 23.6 Å². The minimum absolute atomic E-state index is 0.238. The highest BCUT2D eigenvalue weighted by Crippen LogP contribution is 2.19. The Kier molecular flexibility index (Phi) is 4.08. The molecule has 0 atom stereocenters. The Morgan fingerprint density at radius 1 is 1.38 bits per heavy atom. The molecule has 0 fully saturated rings. The molecule has 5 heteroatoms. The predicted molar refractivity (Wildman–Crippen MR) is 57.8 cm³/mol. The smallest absolute Gasteiger partial charge is 0.328 e. The maximum atomic E-state index is 10.5. The summed E-state index contributed by atoms with van der Waals surface area (Å²) in [4.78, 5) is 20.9. The number of carboxylic acids is 1. The minimum atomic E-state index is -1.05. The number of aliphatic carboxylic acids is 1. The van der Waals surface area contributed by atoms with Crippen LogP contribution in [0.25, 0.3) is 6.08 Å². The summed E-state index contributed by atoms with van der Waals surface area (Å²) < 4.78 is 5.11. The molecule has 0 radical (unpaired) electrons. The number of amides is 1. The lowest BCUT2D eigenvalue weighted by Gasteiger charge is -2.06. The third-order valence-corrected chi connectivity index (χ3v) is 1.69. The normalized spacial score (nSPS) is 10.2. The van der Waals surface area contributed by atoms with Gasteiger partial charge in [0.1, 0.15) is 5.75 Å². The quantitative estimate of drug-likeness (QED) is 0.714. The van der Waals surface area contributed by atoms with Crippen LogP contribution in [0.15, 0.2) is 30.3 Å². The molecule has 5 nitrogen and oxygen atoms in total. The number of primary amides is 1. The summed E-state index contributed by atoms with van der Waals surface area (Å²) in [5.74, 6) is -1.22. The highest BCUT2D eigenvalue weighted by Gasteiger charge is 2.02. The number of carboxylic acid groups (broad SMARTS) is 1. The SMILES string of the molecule is NC(=O)COc1ccccc1C=CC(=O)O. The van der Waals surface area contributed by atoms with Crippen molar-refractivity contribution in [1.82, 2.24) is 0 Å². The monoisotopic (exact) mass is 221 g/mol. The van der Waals surface area contributed by atoms with Gasteiger partial charge in [-0.3, -0.25) is 4.79 Å². The van der Waals surface area contributed by atoms with Crippen molar-refractivity contribution >= 4 is 18.0 Å². The Hall–Kier alpha value is -2.30. The van der Waals surface area contributed by atoms with Crippen LogP contribution in [0, 0.1) is 0 Å². The molecular formula is C11H11NO4. The fourth-order valence-corrected chi connectivity index (χ4v) is 1.06. The molecule has 1 rings (SSSR count). The van der Waals surface area contributed by atoms with E-state index in [1.54, 1.807) is 24.3 Å². The molecule has 0 spiro atoms. The van der Waals surface area contributed by atoms with Crippen LogP contribution in [0.5, 0.6) is 5.75 Å². The summed E-state index contributed by atoms with van der Waals surface area (Å²) >= 11 is 0. The van der Waals surface area contributed by atoms with Gasteiger partial charge in [-0.2, -0.15) is 0 Å². The van der Waals surface area contributed by atoms with Crippen molar-refractivity contribution in [3.63, 3.8) is 0 Å². The highest BCUT2D eigenvalue weighted by molar-refractivity contribution is 5.86. The van der Waals surface area contributed by atoms with Crippen molar-refractivity contribution in [3.8, 4) is 5.75 Å². The molecule has 0 aliphatic carbocycles. The van der Waals surface area contributed by atoms with Gasteiger partial charge in [0, 0.05) is 11.6 Å². The summed E-state index contributed by atoms with van der Waals surface area (Å²) in [7, 11) is 0. The van der Waals surface area contributed by atoms with E-state index in [4.69, 9.17) is 15.6 Å². The van der Waals surface area contributed by atoms with Crippen LogP contribution >= 0.6 is 0 Å². The fraction of sp³-hybridized carbons (Fsp3) is 0.0909. The van der Waals surface area contributed by atoms with E-state index in [9.17, 15) is 9.59 Å².